The van der Waals surface area contributed by atoms with Crippen molar-refractivity contribution in [1.29, 1.82) is 0 Å². The number of aromatic nitrogens is 1. The number of nitrogens with zero attached hydrogens (tertiary/aromatic N) is 1. The highest BCUT2D eigenvalue weighted by atomic mass is 15.0. The summed E-state index contributed by atoms with van der Waals surface area (Å²) in [6.07, 6.45) is 12.7. The lowest BCUT2D eigenvalue weighted by Crippen LogP contribution is -2.08. The molecule has 0 saturated heterocycles. The van der Waals surface area contributed by atoms with Crippen LogP contribution >= 0.6 is 0 Å². The number of nitrogens with two attached hydrogens (primary N) is 1. The Labute approximate surface area is 114 Å². The molecule has 1 heterocycles. The van der Waals surface area contributed by atoms with Crippen molar-refractivity contribution in [3.63, 3.8) is 0 Å². The summed E-state index contributed by atoms with van der Waals surface area (Å²) in [4.78, 5) is 4.46. The summed E-state index contributed by atoms with van der Waals surface area (Å²) in [5.41, 5.74) is 8.86. The van der Waals surface area contributed by atoms with Gasteiger partial charge in [0.1, 0.15) is 5.82 Å². The third-order valence-corrected chi connectivity index (χ3v) is 3.38. The SMILES string of the molecule is C=C(CN)c1cc(CC2C=CC=CC2)cnc1NC. The molecule has 0 saturated carbocycles. The van der Waals surface area contributed by atoms with Crippen LogP contribution in [0.5, 0.6) is 0 Å². The van der Waals surface area contributed by atoms with Crippen molar-refractivity contribution in [1.82, 2.24) is 4.98 Å². The van der Waals surface area contributed by atoms with E-state index in [4.69, 9.17) is 5.73 Å². The van der Waals surface area contributed by atoms with E-state index in [1.807, 2.05) is 13.2 Å². The van der Waals surface area contributed by atoms with Crippen LogP contribution in [0.15, 0.2) is 43.1 Å². The topological polar surface area (TPSA) is 50.9 Å². The third-order valence-electron chi connectivity index (χ3n) is 3.38. The second-order valence-electron chi connectivity index (χ2n) is 4.81. The number of allylic oxidation sites excluding steroid dienone is 4. The van der Waals surface area contributed by atoms with Gasteiger partial charge in [-0.25, -0.2) is 4.98 Å². The first-order chi connectivity index (χ1) is 9.24. The Morgan fingerprint density at radius 2 is 2.37 bits per heavy atom. The van der Waals surface area contributed by atoms with Crippen LogP contribution in [0, 0.1) is 5.92 Å². The zero-order valence-corrected chi connectivity index (χ0v) is 11.4. The van der Waals surface area contributed by atoms with Crippen molar-refractivity contribution < 1.29 is 0 Å². The number of pyridine rings is 1. The van der Waals surface area contributed by atoms with Crippen LogP contribution in [0.4, 0.5) is 5.82 Å². The maximum absolute atomic E-state index is 5.69. The Morgan fingerprint density at radius 3 is 3.00 bits per heavy atom. The monoisotopic (exact) mass is 255 g/mol. The lowest BCUT2D eigenvalue weighted by Gasteiger charge is -2.15. The Hall–Kier alpha value is -1.87. The van der Waals surface area contributed by atoms with E-state index in [2.05, 4.69) is 47.3 Å². The zero-order valence-electron chi connectivity index (χ0n) is 11.4. The summed E-state index contributed by atoms with van der Waals surface area (Å²) >= 11 is 0. The highest BCUT2D eigenvalue weighted by Gasteiger charge is 2.11. The highest BCUT2D eigenvalue weighted by molar-refractivity contribution is 5.73. The first-order valence-electron chi connectivity index (χ1n) is 6.62. The lowest BCUT2D eigenvalue weighted by molar-refractivity contribution is 0.651. The van der Waals surface area contributed by atoms with Gasteiger partial charge in [0.25, 0.3) is 0 Å². The predicted octanol–water partition coefficient (Wildman–Crippen LogP) is 2.77. The molecule has 0 radical (unpaired) electrons. The van der Waals surface area contributed by atoms with Crippen LogP contribution in [0.25, 0.3) is 5.57 Å². The fraction of sp³-hybridized carbons (Fsp3) is 0.312. The molecule has 0 bridgehead atoms. The van der Waals surface area contributed by atoms with Crippen molar-refractivity contribution in [3.05, 3.63) is 54.3 Å². The van der Waals surface area contributed by atoms with Gasteiger partial charge in [0.15, 0.2) is 0 Å². The van der Waals surface area contributed by atoms with Gasteiger partial charge in [-0.1, -0.05) is 30.9 Å². The Kier molecular flexibility index (Phi) is 4.53. The molecule has 1 atom stereocenters. The second-order valence-corrected chi connectivity index (χ2v) is 4.81. The number of rotatable bonds is 5. The van der Waals surface area contributed by atoms with E-state index in [0.717, 1.165) is 29.8 Å². The minimum absolute atomic E-state index is 0.450. The van der Waals surface area contributed by atoms with Crippen molar-refractivity contribution in [3.8, 4) is 0 Å². The molecular weight excluding hydrogens is 234 g/mol. The van der Waals surface area contributed by atoms with E-state index in [0.29, 0.717) is 12.5 Å². The van der Waals surface area contributed by atoms with Crippen molar-refractivity contribution in [2.45, 2.75) is 12.8 Å². The molecular formula is C16H21N3. The van der Waals surface area contributed by atoms with Crippen LogP contribution in [0.2, 0.25) is 0 Å². The second kappa shape index (κ2) is 6.34. The Bertz CT molecular complexity index is 515. The first-order valence-corrected chi connectivity index (χ1v) is 6.62. The Morgan fingerprint density at radius 1 is 1.53 bits per heavy atom. The molecule has 0 amide bonds. The largest absolute Gasteiger partial charge is 0.373 e. The van der Waals surface area contributed by atoms with E-state index in [-0.39, 0.29) is 0 Å². The molecule has 1 aliphatic rings. The maximum atomic E-state index is 5.69. The van der Waals surface area contributed by atoms with E-state index < -0.39 is 0 Å². The number of hydrogen-bond acceptors (Lipinski definition) is 3. The molecule has 1 aliphatic carbocycles. The molecule has 0 aliphatic heterocycles. The third kappa shape index (κ3) is 3.32. The molecule has 2 rings (SSSR count). The molecule has 3 N–H and O–H groups in total. The van der Waals surface area contributed by atoms with Gasteiger partial charge in [0, 0.05) is 25.4 Å². The van der Waals surface area contributed by atoms with Gasteiger partial charge in [-0.15, -0.1) is 0 Å². The first kappa shape index (κ1) is 13.6. The molecule has 1 aromatic heterocycles. The normalized spacial score (nSPS) is 17.5. The van der Waals surface area contributed by atoms with Crippen molar-refractivity contribution in [2.24, 2.45) is 11.7 Å². The van der Waals surface area contributed by atoms with Crippen LogP contribution in [0.1, 0.15) is 17.5 Å². The van der Waals surface area contributed by atoms with E-state index in [9.17, 15) is 0 Å². The highest BCUT2D eigenvalue weighted by Crippen LogP contribution is 2.24. The van der Waals surface area contributed by atoms with E-state index in [1.165, 1.54) is 5.56 Å². The molecule has 3 nitrogen and oxygen atoms in total. The zero-order chi connectivity index (χ0) is 13.7. The van der Waals surface area contributed by atoms with Crippen LogP contribution in [-0.4, -0.2) is 18.6 Å². The van der Waals surface area contributed by atoms with Gasteiger partial charge < -0.3 is 11.1 Å². The quantitative estimate of drug-likeness (QED) is 0.850. The molecule has 100 valence electrons. The van der Waals surface area contributed by atoms with Gasteiger partial charge in [-0.3, -0.25) is 0 Å². The van der Waals surface area contributed by atoms with Crippen LogP contribution in [-0.2, 0) is 6.42 Å². The van der Waals surface area contributed by atoms with Gasteiger partial charge in [0.2, 0.25) is 0 Å². The summed E-state index contributed by atoms with van der Waals surface area (Å²) in [6.45, 7) is 4.46. The van der Waals surface area contributed by atoms with E-state index in [1.54, 1.807) is 0 Å². The molecule has 0 aromatic carbocycles. The Balaban J connectivity index is 2.20. The van der Waals surface area contributed by atoms with Crippen LogP contribution < -0.4 is 11.1 Å². The van der Waals surface area contributed by atoms with Gasteiger partial charge in [-0.05, 0) is 36.0 Å². The molecule has 0 fully saturated rings. The number of hydrogen-bond donors (Lipinski definition) is 2. The van der Waals surface area contributed by atoms with Gasteiger partial charge in [0.05, 0.1) is 0 Å². The number of nitrogens with one attached hydrogen (secondary N) is 1. The molecule has 19 heavy (non-hydrogen) atoms. The fourth-order valence-electron chi connectivity index (χ4n) is 2.28. The summed E-state index contributed by atoms with van der Waals surface area (Å²) in [7, 11) is 1.87. The lowest BCUT2D eigenvalue weighted by atomic mass is 9.93. The van der Waals surface area contributed by atoms with Crippen molar-refractivity contribution >= 4 is 11.4 Å². The summed E-state index contributed by atoms with van der Waals surface area (Å²) < 4.78 is 0. The average Bonchev–Trinajstić information content (AvgIpc) is 2.47. The molecule has 1 aromatic rings. The standard InChI is InChI=1S/C16H21N3/c1-12(10-17)15-9-14(11-19-16(15)18-2)8-13-6-4-3-5-7-13/h3-6,9,11,13H,1,7-8,10,17H2,2H3,(H,18,19). The summed E-state index contributed by atoms with van der Waals surface area (Å²) in [5.74, 6) is 1.41. The van der Waals surface area contributed by atoms with Crippen molar-refractivity contribution in [2.75, 3.05) is 18.9 Å². The predicted molar refractivity (Wildman–Crippen MR) is 82.0 cm³/mol. The van der Waals surface area contributed by atoms with Gasteiger partial charge in [-0.2, -0.15) is 0 Å². The maximum Gasteiger partial charge on any atom is 0.133 e. The molecule has 1 unspecified atom stereocenters. The molecule has 3 heteroatoms. The molecule has 0 spiro atoms. The summed E-state index contributed by atoms with van der Waals surface area (Å²) in [6, 6.07) is 2.15. The fourth-order valence-corrected chi connectivity index (χ4v) is 2.28. The van der Waals surface area contributed by atoms with Crippen LogP contribution in [0.3, 0.4) is 0 Å². The van der Waals surface area contributed by atoms with Gasteiger partial charge >= 0.3 is 0 Å². The van der Waals surface area contributed by atoms with E-state index >= 15 is 0 Å². The minimum Gasteiger partial charge on any atom is -0.373 e. The minimum atomic E-state index is 0.450. The smallest absolute Gasteiger partial charge is 0.133 e. The average molecular weight is 255 g/mol. The summed E-state index contributed by atoms with van der Waals surface area (Å²) in [5, 5.41) is 3.09. The number of anilines is 1.